The van der Waals surface area contributed by atoms with Crippen molar-refractivity contribution in [1.82, 2.24) is 4.98 Å². The average molecular weight is 223 g/mol. The topological polar surface area (TPSA) is 12.9 Å². The minimum Gasteiger partial charge on any atom is -0.249 e. The average Bonchev–Trinajstić information content (AvgIpc) is 2.19. The first kappa shape index (κ1) is 13.9. The van der Waals surface area contributed by atoms with E-state index in [9.17, 15) is 17.6 Å². The maximum Gasteiger partial charge on any atom is 0.436 e. The molecule has 0 fully saturated rings. The molecule has 1 nitrogen and oxygen atoms in total. The summed E-state index contributed by atoms with van der Waals surface area (Å²) in [7, 11) is 0. The zero-order chi connectivity index (χ0) is 12.1. The van der Waals surface area contributed by atoms with Crippen LogP contribution < -0.4 is 0 Å². The fourth-order valence-electron chi connectivity index (χ4n) is 0.954. The first-order valence-electron chi connectivity index (χ1n) is 4.67. The van der Waals surface area contributed by atoms with Crippen LogP contribution in [0.5, 0.6) is 0 Å². The van der Waals surface area contributed by atoms with Crippen LogP contribution in [0.15, 0.2) is 12.3 Å². The third kappa shape index (κ3) is 3.49. The van der Waals surface area contributed by atoms with Crippen molar-refractivity contribution in [3.63, 3.8) is 0 Å². The van der Waals surface area contributed by atoms with Gasteiger partial charge in [0, 0.05) is 6.20 Å². The van der Waals surface area contributed by atoms with Crippen molar-refractivity contribution < 1.29 is 17.6 Å². The van der Waals surface area contributed by atoms with Gasteiger partial charge in [0.15, 0.2) is 11.5 Å². The van der Waals surface area contributed by atoms with Crippen molar-refractivity contribution in [2.24, 2.45) is 0 Å². The number of halogens is 4. The number of rotatable bonds is 1. The molecule has 0 aromatic carbocycles. The lowest BCUT2D eigenvalue weighted by Crippen LogP contribution is -2.12. The van der Waals surface area contributed by atoms with Crippen LogP contribution in [0.4, 0.5) is 17.6 Å². The molecule has 1 heterocycles. The van der Waals surface area contributed by atoms with Gasteiger partial charge in [0.2, 0.25) is 0 Å². The summed E-state index contributed by atoms with van der Waals surface area (Å²) in [5.74, 6) is -1.27. The number of aromatic nitrogens is 1. The minimum absolute atomic E-state index is 0.0299. The van der Waals surface area contributed by atoms with Crippen molar-refractivity contribution in [1.29, 1.82) is 0 Å². The van der Waals surface area contributed by atoms with Crippen LogP contribution in [0.25, 0.3) is 0 Å². The molecule has 15 heavy (non-hydrogen) atoms. The lowest BCUT2D eigenvalue weighted by atomic mass is 10.1. The number of aryl methyl sites for hydroxylation is 1. The summed E-state index contributed by atoms with van der Waals surface area (Å²) in [4.78, 5) is 2.96. The van der Waals surface area contributed by atoms with Crippen molar-refractivity contribution in [3.8, 4) is 0 Å². The molecule has 0 saturated carbocycles. The summed E-state index contributed by atoms with van der Waals surface area (Å²) in [5, 5.41) is 0. The Kier molecular flexibility index (Phi) is 5.25. The highest BCUT2D eigenvalue weighted by atomic mass is 19.4. The number of hydrogen-bond donors (Lipinski definition) is 0. The smallest absolute Gasteiger partial charge is 0.249 e. The minimum atomic E-state index is -4.71. The molecule has 0 unspecified atom stereocenters. The molecule has 1 rings (SSSR count). The van der Waals surface area contributed by atoms with Crippen LogP contribution in [0.3, 0.4) is 0 Å². The highest BCUT2D eigenvalue weighted by Crippen LogP contribution is 2.30. The van der Waals surface area contributed by atoms with Gasteiger partial charge in [0.1, 0.15) is 0 Å². The second kappa shape index (κ2) is 5.68. The molecule has 0 aliphatic heterocycles. The Labute approximate surface area is 86.1 Å². The van der Waals surface area contributed by atoms with Gasteiger partial charge in [-0.25, -0.2) is 9.37 Å². The van der Waals surface area contributed by atoms with Gasteiger partial charge in [-0.1, -0.05) is 20.8 Å². The highest BCUT2D eigenvalue weighted by Gasteiger charge is 2.36. The van der Waals surface area contributed by atoms with Gasteiger partial charge >= 0.3 is 6.18 Å². The molecule has 1 aromatic rings. The summed E-state index contributed by atoms with van der Waals surface area (Å²) >= 11 is 0. The van der Waals surface area contributed by atoms with Gasteiger partial charge in [-0.3, -0.25) is 0 Å². The third-order valence-corrected chi connectivity index (χ3v) is 1.62. The van der Waals surface area contributed by atoms with Gasteiger partial charge in [-0.15, -0.1) is 0 Å². The quantitative estimate of drug-likeness (QED) is 0.659. The Morgan fingerprint density at radius 1 is 1.27 bits per heavy atom. The number of pyridine rings is 1. The van der Waals surface area contributed by atoms with E-state index < -0.39 is 17.7 Å². The van der Waals surface area contributed by atoms with Gasteiger partial charge in [0.25, 0.3) is 0 Å². The molecule has 0 bridgehead atoms. The Bertz CT molecular complexity index is 307. The third-order valence-electron chi connectivity index (χ3n) is 1.62. The number of alkyl halides is 3. The standard InChI is InChI=1S/C8H7F4N.C2H6/c1-2-5-3-4-13-7(6(5)9)8(10,11)12;1-2/h3-4H,2H2,1H3;1-2H3. The normalized spacial score (nSPS) is 10.6. The molecule has 5 heteroatoms. The monoisotopic (exact) mass is 223 g/mol. The van der Waals surface area contributed by atoms with Crippen molar-refractivity contribution in [3.05, 3.63) is 29.3 Å². The predicted octanol–water partition coefficient (Wildman–Crippen LogP) is 3.83. The van der Waals surface area contributed by atoms with Crippen molar-refractivity contribution in [2.45, 2.75) is 33.4 Å². The van der Waals surface area contributed by atoms with Crippen molar-refractivity contribution in [2.75, 3.05) is 0 Å². The predicted molar refractivity (Wildman–Crippen MR) is 49.9 cm³/mol. The largest absolute Gasteiger partial charge is 0.436 e. The van der Waals surface area contributed by atoms with Gasteiger partial charge in [-0.2, -0.15) is 13.2 Å². The highest BCUT2D eigenvalue weighted by molar-refractivity contribution is 5.21. The molecule has 0 saturated heterocycles. The van der Waals surface area contributed by atoms with E-state index in [4.69, 9.17) is 0 Å². The zero-order valence-electron chi connectivity index (χ0n) is 8.82. The van der Waals surface area contributed by atoms with Gasteiger partial charge < -0.3 is 0 Å². The Morgan fingerprint density at radius 3 is 2.20 bits per heavy atom. The van der Waals surface area contributed by atoms with E-state index in [-0.39, 0.29) is 12.0 Å². The van der Waals surface area contributed by atoms with E-state index >= 15 is 0 Å². The second-order valence-electron chi connectivity index (χ2n) is 2.48. The lowest BCUT2D eigenvalue weighted by molar-refractivity contribution is -0.143. The fourth-order valence-corrected chi connectivity index (χ4v) is 0.954. The van der Waals surface area contributed by atoms with Crippen LogP contribution in [-0.4, -0.2) is 4.98 Å². The Balaban J connectivity index is 0.000000921. The molecule has 0 N–H and O–H groups in total. The fraction of sp³-hybridized carbons (Fsp3) is 0.500. The van der Waals surface area contributed by atoms with Crippen LogP contribution >= 0.6 is 0 Å². The van der Waals surface area contributed by atoms with E-state index in [1.54, 1.807) is 6.92 Å². The summed E-state index contributed by atoms with van der Waals surface area (Å²) in [6, 6.07) is 1.24. The SMILES string of the molecule is CC.CCc1ccnc(C(F)(F)F)c1F. The van der Waals surface area contributed by atoms with E-state index in [0.29, 0.717) is 0 Å². The lowest BCUT2D eigenvalue weighted by Gasteiger charge is -2.08. The summed E-state index contributed by atoms with van der Waals surface area (Å²) < 4.78 is 49.2. The van der Waals surface area contributed by atoms with E-state index in [2.05, 4.69) is 4.98 Å². The number of hydrogen-bond acceptors (Lipinski definition) is 1. The van der Waals surface area contributed by atoms with Crippen LogP contribution in [-0.2, 0) is 12.6 Å². The van der Waals surface area contributed by atoms with Crippen LogP contribution in [0.1, 0.15) is 32.0 Å². The molecule has 0 atom stereocenters. The van der Waals surface area contributed by atoms with E-state index in [0.717, 1.165) is 6.20 Å². The van der Waals surface area contributed by atoms with Gasteiger partial charge in [-0.05, 0) is 18.1 Å². The van der Waals surface area contributed by atoms with E-state index in [1.165, 1.54) is 6.07 Å². The molecule has 0 aliphatic rings. The van der Waals surface area contributed by atoms with E-state index in [1.807, 2.05) is 13.8 Å². The molecule has 0 amide bonds. The molecular weight excluding hydrogens is 210 g/mol. The summed E-state index contributed by atoms with van der Waals surface area (Å²) in [5.41, 5.74) is -1.41. The summed E-state index contributed by atoms with van der Waals surface area (Å²) in [6.07, 6.45) is -3.53. The van der Waals surface area contributed by atoms with Crippen LogP contribution in [0, 0.1) is 5.82 Å². The molecule has 1 aromatic heterocycles. The Morgan fingerprint density at radius 2 is 1.80 bits per heavy atom. The molecule has 0 spiro atoms. The Hall–Kier alpha value is -1.13. The first-order valence-corrected chi connectivity index (χ1v) is 4.67. The summed E-state index contributed by atoms with van der Waals surface area (Å²) in [6.45, 7) is 5.58. The van der Waals surface area contributed by atoms with Crippen LogP contribution in [0.2, 0.25) is 0 Å². The maximum atomic E-state index is 13.0. The molecular formula is C10H13F4N. The second-order valence-corrected chi connectivity index (χ2v) is 2.48. The first-order chi connectivity index (χ1) is 6.96. The number of nitrogens with zero attached hydrogens (tertiary/aromatic N) is 1. The molecule has 86 valence electrons. The maximum absolute atomic E-state index is 13.0. The molecule has 0 aliphatic carbocycles. The zero-order valence-corrected chi connectivity index (χ0v) is 8.82. The molecule has 0 radical (unpaired) electrons. The van der Waals surface area contributed by atoms with Gasteiger partial charge in [0.05, 0.1) is 0 Å². The van der Waals surface area contributed by atoms with Crippen molar-refractivity contribution >= 4 is 0 Å².